The van der Waals surface area contributed by atoms with Gasteiger partial charge in [-0.2, -0.15) is 4.98 Å². The third kappa shape index (κ3) is 5.03. The second kappa shape index (κ2) is 9.08. The summed E-state index contributed by atoms with van der Waals surface area (Å²) < 4.78 is 10.5. The van der Waals surface area contributed by atoms with E-state index in [1.807, 2.05) is 30.3 Å². The van der Waals surface area contributed by atoms with E-state index in [1.54, 1.807) is 31.2 Å². The minimum atomic E-state index is -0.0350. The Bertz CT molecular complexity index is 975. The quantitative estimate of drug-likeness (QED) is 0.557. The number of hydrogen-bond acceptors (Lipinski definition) is 5. The van der Waals surface area contributed by atoms with Crippen molar-refractivity contribution in [3.05, 3.63) is 64.0 Å². The van der Waals surface area contributed by atoms with Crippen molar-refractivity contribution in [2.24, 2.45) is 0 Å². The highest BCUT2D eigenvalue weighted by Crippen LogP contribution is 2.24. The largest absolute Gasteiger partial charge is 0.497 e. The molecule has 0 atom stereocenters. The van der Waals surface area contributed by atoms with Crippen LogP contribution in [0.1, 0.15) is 17.9 Å². The summed E-state index contributed by atoms with van der Waals surface area (Å²) in [6, 6.07) is 12.7. The van der Waals surface area contributed by atoms with Crippen LogP contribution in [0.25, 0.3) is 11.4 Å². The second-order valence-electron chi connectivity index (χ2n) is 6.24. The summed E-state index contributed by atoms with van der Waals surface area (Å²) in [6.45, 7) is 0.233. The lowest BCUT2D eigenvalue weighted by molar-refractivity contribution is -0.130. The fourth-order valence-electron chi connectivity index (χ4n) is 2.63. The highest BCUT2D eigenvalue weighted by Gasteiger charge is 2.15. The molecule has 3 rings (SSSR count). The van der Waals surface area contributed by atoms with E-state index in [-0.39, 0.29) is 12.5 Å². The van der Waals surface area contributed by atoms with E-state index in [9.17, 15) is 4.79 Å². The van der Waals surface area contributed by atoms with Crippen LogP contribution in [-0.2, 0) is 17.8 Å². The molecule has 28 heavy (non-hydrogen) atoms. The van der Waals surface area contributed by atoms with Crippen LogP contribution in [0.5, 0.6) is 5.75 Å². The average molecular weight is 420 g/mol. The predicted molar refractivity (Wildman–Crippen MR) is 108 cm³/mol. The normalized spacial score (nSPS) is 10.7. The Morgan fingerprint density at radius 3 is 2.75 bits per heavy atom. The van der Waals surface area contributed by atoms with E-state index in [0.29, 0.717) is 40.4 Å². The number of aromatic nitrogens is 2. The number of rotatable bonds is 7. The molecule has 146 valence electrons. The molecule has 0 spiro atoms. The molecule has 0 bridgehead atoms. The standard InChI is InChI=1S/C20H19Cl2N3O3/c1-25(19(26)9-7-13-6-8-16(21)17(22)10-13)12-18-23-20(24-28-18)14-4-3-5-15(11-14)27-2/h3-6,8,10-11H,7,9,12H2,1-2H3. The number of carbonyl (C=O) groups is 1. The Morgan fingerprint density at radius 2 is 2.00 bits per heavy atom. The lowest BCUT2D eigenvalue weighted by atomic mass is 10.1. The molecule has 0 saturated carbocycles. The van der Waals surface area contributed by atoms with Crippen LogP contribution in [0.15, 0.2) is 47.0 Å². The number of carbonyl (C=O) groups excluding carboxylic acids is 1. The van der Waals surface area contributed by atoms with Crippen LogP contribution in [0.2, 0.25) is 10.0 Å². The second-order valence-corrected chi connectivity index (χ2v) is 7.06. The first-order valence-electron chi connectivity index (χ1n) is 8.61. The van der Waals surface area contributed by atoms with Gasteiger partial charge < -0.3 is 14.2 Å². The molecule has 1 heterocycles. The van der Waals surface area contributed by atoms with Crippen LogP contribution in [0, 0.1) is 0 Å². The summed E-state index contributed by atoms with van der Waals surface area (Å²) in [4.78, 5) is 18.3. The first kappa shape index (κ1) is 20.2. The smallest absolute Gasteiger partial charge is 0.246 e. The van der Waals surface area contributed by atoms with Crippen LogP contribution in [0.4, 0.5) is 0 Å². The number of benzene rings is 2. The number of hydrogen-bond donors (Lipinski definition) is 0. The van der Waals surface area contributed by atoms with Gasteiger partial charge in [-0.15, -0.1) is 0 Å². The maximum atomic E-state index is 12.4. The van der Waals surface area contributed by atoms with Gasteiger partial charge in [-0.1, -0.05) is 46.6 Å². The maximum absolute atomic E-state index is 12.4. The zero-order chi connectivity index (χ0) is 20.1. The summed E-state index contributed by atoms with van der Waals surface area (Å²) in [5, 5.41) is 4.96. The number of methoxy groups -OCH3 is 1. The third-order valence-corrected chi connectivity index (χ3v) is 4.94. The number of ether oxygens (including phenoxy) is 1. The topological polar surface area (TPSA) is 68.5 Å². The molecule has 2 aromatic carbocycles. The molecule has 0 N–H and O–H groups in total. The van der Waals surface area contributed by atoms with Crippen LogP contribution in [0.3, 0.4) is 0 Å². The van der Waals surface area contributed by atoms with E-state index in [1.165, 1.54) is 0 Å². The van der Waals surface area contributed by atoms with Crippen LogP contribution in [-0.4, -0.2) is 35.1 Å². The molecule has 0 saturated heterocycles. The molecule has 8 heteroatoms. The Balaban J connectivity index is 1.58. The molecule has 0 aliphatic rings. The molecule has 0 unspecified atom stereocenters. The molecular weight excluding hydrogens is 401 g/mol. The van der Waals surface area contributed by atoms with Crippen molar-refractivity contribution in [1.82, 2.24) is 15.0 Å². The minimum Gasteiger partial charge on any atom is -0.497 e. The van der Waals surface area contributed by atoms with Crippen molar-refractivity contribution in [2.75, 3.05) is 14.2 Å². The van der Waals surface area contributed by atoms with Gasteiger partial charge >= 0.3 is 0 Å². The van der Waals surface area contributed by atoms with Crippen molar-refractivity contribution in [3.63, 3.8) is 0 Å². The van der Waals surface area contributed by atoms with Gasteiger partial charge in [0.25, 0.3) is 0 Å². The Kier molecular flexibility index (Phi) is 6.54. The fourth-order valence-corrected chi connectivity index (χ4v) is 2.95. The van der Waals surface area contributed by atoms with Gasteiger partial charge in [0.2, 0.25) is 17.6 Å². The SMILES string of the molecule is COc1cccc(-c2noc(CN(C)C(=O)CCc3ccc(Cl)c(Cl)c3)n2)c1. The zero-order valence-electron chi connectivity index (χ0n) is 15.5. The summed E-state index contributed by atoms with van der Waals surface area (Å²) in [6.07, 6.45) is 0.907. The summed E-state index contributed by atoms with van der Waals surface area (Å²) >= 11 is 11.9. The van der Waals surface area contributed by atoms with Gasteiger partial charge in [-0.05, 0) is 36.2 Å². The molecule has 0 radical (unpaired) electrons. The lowest BCUT2D eigenvalue weighted by Gasteiger charge is -2.14. The summed E-state index contributed by atoms with van der Waals surface area (Å²) in [5.41, 5.74) is 1.73. The molecule has 1 aromatic heterocycles. The first-order chi connectivity index (χ1) is 13.5. The number of amides is 1. The summed E-state index contributed by atoms with van der Waals surface area (Å²) in [5.74, 6) is 1.49. The molecule has 0 fully saturated rings. The van der Waals surface area contributed by atoms with Crippen molar-refractivity contribution in [1.29, 1.82) is 0 Å². The van der Waals surface area contributed by atoms with Crippen molar-refractivity contribution >= 4 is 29.1 Å². The molecule has 0 aliphatic carbocycles. The average Bonchev–Trinajstić information content (AvgIpc) is 3.17. The molecule has 1 amide bonds. The van der Waals surface area contributed by atoms with Gasteiger partial charge in [0, 0.05) is 19.0 Å². The van der Waals surface area contributed by atoms with Crippen LogP contribution >= 0.6 is 23.2 Å². The highest BCUT2D eigenvalue weighted by atomic mass is 35.5. The predicted octanol–water partition coefficient (Wildman–Crippen LogP) is 4.64. The Hall–Kier alpha value is -2.57. The molecular formula is C20H19Cl2N3O3. The van der Waals surface area contributed by atoms with Crippen molar-refractivity contribution < 1.29 is 14.1 Å². The van der Waals surface area contributed by atoms with Gasteiger partial charge in [-0.3, -0.25) is 4.79 Å². The van der Waals surface area contributed by atoms with E-state index >= 15 is 0 Å². The first-order valence-corrected chi connectivity index (χ1v) is 9.37. The molecule has 0 aliphatic heterocycles. The number of aryl methyl sites for hydroxylation is 1. The van der Waals surface area contributed by atoms with E-state index < -0.39 is 0 Å². The van der Waals surface area contributed by atoms with Crippen molar-refractivity contribution in [2.45, 2.75) is 19.4 Å². The minimum absolute atomic E-state index is 0.0350. The highest BCUT2D eigenvalue weighted by molar-refractivity contribution is 6.42. The fraction of sp³-hybridized carbons (Fsp3) is 0.250. The molecule has 6 nitrogen and oxygen atoms in total. The monoisotopic (exact) mass is 419 g/mol. The third-order valence-electron chi connectivity index (χ3n) is 4.21. The Labute approximate surface area is 173 Å². The van der Waals surface area contributed by atoms with Crippen LogP contribution < -0.4 is 4.74 Å². The van der Waals surface area contributed by atoms with Gasteiger partial charge in [0.15, 0.2) is 0 Å². The lowest BCUT2D eigenvalue weighted by Crippen LogP contribution is -2.26. The van der Waals surface area contributed by atoms with E-state index in [4.69, 9.17) is 32.5 Å². The number of nitrogens with zero attached hydrogens (tertiary/aromatic N) is 3. The Morgan fingerprint density at radius 1 is 1.18 bits per heavy atom. The van der Waals surface area contributed by atoms with E-state index in [0.717, 1.165) is 11.1 Å². The maximum Gasteiger partial charge on any atom is 0.246 e. The van der Waals surface area contributed by atoms with E-state index in [2.05, 4.69) is 10.1 Å². The molecule has 3 aromatic rings. The van der Waals surface area contributed by atoms with Crippen molar-refractivity contribution in [3.8, 4) is 17.1 Å². The van der Waals surface area contributed by atoms with Gasteiger partial charge in [0.1, 0.15) is 5.75 Å². The summed E-state index contributed by atoms with van der Waals surface area (Å²) in [7, 11) is 3.30. The zero-order valence-corrected chi connectivity index (χ0v) is 17.0. The van der Waals surface area contributed by atoms with Gasteiger partial charge in [-0.25, -0.2) is 0 Å². The van der Waals surface area contributed by atoms with Gasteiger partial charge in [0.05, 0.1) is 23.7 Å². The number of halogens is 2.